The molecule has 0 aliphatic rings. The van der Waals surface area contributed by atoms with Crippen molar-refractivity contribution in [3.8, 4) is 6.07 Å². The van der Waals surface area contributed by atoms with Gasteiger partial charge >= 0.3 is 0 Å². The van der Waals surface area contributed by atoms with Gasteiger partial charge in [0.15, 0.2) is 0 Å². The molecule has 0 aliphatic carbocycles. The van der Waals surface area contributed by atoms with Gasteiger partial charge in [-0.05, 0) is 11.8 Å². The number of nitrogens with zero attached hydrogens (tertiary/aromatic N) is 5. The maximum atomic E-state index is 8.71. The second kappa shape index (κ2) is 5.98. The van der Waals surface area contributed by atoms with Gasteiger partial charge in [-0.1, -0.05) is 42.1 Å². The lowest BCUT2D eigenvalue weighted by molar-refractivity contribution is 0.690. The number of hydrogen-bond donors (Lipinski definition) is 0. The molecule has 90 valence electrons. The molecule has 1 aromatic carbocycles. The summed E-state index contributed by atoms with van der Waals surface area (Å²) in [5, 5.41) is 13.5. The van der Waals surface area contributed by atoms with Crippen LogP contribution in [-0.4, -0.2) is 27.2 Å². The van der Waals surface area contributed by atoms with Crippen LogP contribution in [0.5, 0.6) is 0 Å². The molecule has 0 unspecified atom stereocenters. The van der Waals surface area contributed by atoms with E-state index >= 15 is 0 Å². The number of rotatable bonds is 4. The molecule has 0 spiro atoms. The van der Waals surface area contributed by atoms with Gasteiger partial charge < -0.3 is 0 Å². The van der Waals surface area contributed by atoms with E-state index in [1.54, 1.807) is 6.21 Å². The summed E-state index contributed by atoms with van der Waals surface area (Å²) in [6, 6.07) is 11.8. The molecule has 5 nitrogen and oxygen atoms in total. The van der Waals surface area contributed by atoms with Gasteiger partial charge in [-0.2, -0.15) is 10.2 Å². The third kappa shape index (κ3) is 2.96. The van der Waals surface area contributed by atoms with Crippen molar-refractivity contribution in [1.82, 2.24) is 14.8 Å². The summed E-state index contributed by atoms with van der Waals surface area (Å²) < 4.78 is 1.49. The number of benzene rings is 1. The molecule has 2 rings (SSSR count). The van der Waals surface area contributed by atoms with Crippen LogP contribution < -0.4 is 0 Å². The Balaban J connectivity index is 2.25. The molecule has 0 saturated heterocycles. The van der Waals surface area contributed by atoms with Gasteiger partial charge in [0.05, 0.1) is 6.07 Å². The van der Waals surface area contributed by atoms with Crippen molar-refractivity contribution in [2.24, 2.45) is 4.99 Å². The van der Waals surface area contributed by atoms with E-state index in [1.165, 1.54) is 16.4 Å². The summed E-state index contributed by atoms with van der Waals surface area (Å²) in [4.78, 5) is 8.49. The fourth-order valence-electron chi connectivity index (χ4n) is 1.34. The Labute approximate surface area is 109 Å². The Bertz CT molecular complexity index is 582. The normalized spacial score (nSPS) is 10.7. The first-order valence-corrected chi connectivity index (χ1v) is 6.51. The topological polar surface area (TPSA) is 66.9 Å². The van der Waals surface area contributed by atoms with Gasteiger partial charge in [-0.3, -0.25) is 0 Å². The van der Waals surface area contributed by atoms with Gasteiger partial charge in [0, 0.05) is 6.21 Å². The average molecular weight is 257 g/mol. The monoisotopic (exact) mass is 257 g/mol. The van der Waals surface area contributed by atoms with Crippen molar-refractivity contribution in [2.45, 2.75) is 11.7 Å². The molecule has 0 radical (unpaired) electrons. The number of nitriles is 1. The lowest BCUT2D eigenvalue weighted by atomic mass is 10.2. The second-order valence-electron chi connectivity index (χ2n) is 3.38. The summed E-state index contributed by atoms with van der Waals surface area (Å²) in [6.07, 6.45) is 3.60. The van der Waals surface area contributed by atoms with Crippen LogP contribution in [0.25, 0.3) is 0 Å². The van der Waals surface area contributed by atoms with E-state index < -0.39 is 0 Å². The van der Waals surface area contributed by atoms with Crippen LogP contribution in [-0.2, 0) is 6.54 Å². The van der Waals surface area contributed by atoms with Crippen molar-refractivity contribution < 1.29 is 0 Å². The summed E-state index contributed by atoms with van der Waals surface area (Å²) in [5.74, 6) is 0.449. The average Bonchev–Trinajstić information content (AvgIpc) is 2.81. The smallest absolute Gasteiger partial charge is 0.219 e. The van der Waals surface area contributed by atoms with Crippen LogP contribution in [0.1, 0.15) is 5.56 Å². The lowest BCUT2D eigenvalue weighted by Crippen LogP contribution is -1.97. The summed E-state index contributed by atoms with van der Waals surface area (Å²) in [6.45, 7) is 0.148. The molecule has 18 heavy (non-hydrogen) atoms. The van der Waals surface area contributed by atoms with E-state index in [1.807, 2.05) is 42.7 Å². The molecular weight excluding hydrogens is 246 g/mol. The largest absolute Gasteiger partial charge is 0.249 e. The van der Waals surface area contributed by atoms with Gasteiger partial charge in [0.25, 0.3) is 0 Å². The Hall–Kier alpha value is -2.13. The first-order valence-electron chi connectivity index (χ1n) is 5.28. The maximum absolute atomic E-state index is 8.71. The Kier molecular flexibility index (Phi) is 4.10. The van der Waals surface area contributed by atoms with Gasteiger partial charge in [0.2, 0.25) is 11.1 Å². The molecule has 0 aliphatic heterocycles. The van der Waals surface area contributed by atoms with Crippen LogP contribution in [0.3, 0.4) is 0 Å². The van der Waals surface area contributed by atoms with E-state index in [0.29, 0.717) is 11.1 Å². The number of hydrogen-bond acceptors (Lipinski definition) is 5. The van der Waals surface area contributed by atoms with Crippen LogP contribution in [0.15, 0.2) is 40.5 Å². The summed E-state index contributed by atoms with van der Waals surface area (Å²) in [5.41, 5.74) is 0.981. The Morgan fingerprint density at radius 3 is 2.89 bits per heavy atom. The number of aliphatic imine (C=N–C) groups is 1. The molecule has 0 atom stereocenters. The molecule has 0 saturated carbocycles. The van der Waals surface area contributed by atoms with E-state index in [9.17, 15) is 0 Å². The van der Waals surface area contributed by atoms with E-state index in [0.717, 1.165) is 5.56 Å². The van der Waals surface area contributed by atoms with Crippen molar-refractivity contribution in [3.05, 3.63) is 35.9 Å². The first kappa shape index (κ1) is 12.3. The molecule has 1 aromatic heterocycles. The lowest BCUT2D eigenvalue weighted by Gasteiger charge is -1.94. The molecule has 0 fully saturated rings. The van der Waals surface area contributed by atoms with Crippen molar-refractivity contribution >= 4 is 23.9 Å². The zero-order valence-electron chi connectivity index (χ0n) is 9.82. The molecule has 0 bridgehead atoms. The van der Waals surface area contributed by atoms with Crippen molar-refractivity contribution in [1.29, 1.82) is 5.26 Å². The Morgan fingerprint density at radius 2 is 2.22 bits per heavy atom. The first-order chi connectivity index (χ1) is 8.83. The highest BCUT2D eigenvalue weighted by molar-refractivity contribution is 7.98. The predicted molar refractivity (Wildman–Crippen MR) is 71.1 cm³/mol. The van der Waals surface area contributed by atoms with E-state index in [2.05, 4.69) is 15.1 Å². The standard InChI is InChI=1S/C12H11N5S/c1-18-12-15-11(17(16-12)8-7-13)14-9-10-5-3-2-4-6-10/h2-6,9H,8H2,1H3/b14-9+. The third-order valence-electron chi connectivity index (χ3n) is 2.16. The summed E-state index contributed by atoms with van der Waals surface area (Å²) >= 11 is 1.42. The molecular formula is C12H11N5S. The Morgan fingerprint density at radius 1 is 1.44 bits per heavy atom. The SMILES string of the molecule is CSc1nc(/N=C/c2ccccc2)n(CC#N)n1. The zero-order chi connectivity index (χ0) is 12.8. The third-order valence-corrected chi connectivity index (χ3v) is 2.70. The van der Waals surface area contributed by atoms with E-state index in [4.69, 9.17) is 5.26 Å². The minimum atomic E-state index is 0.148. The highest BCUT2D eigenvalue weighted by Gasteiger charge is 2.06. The van der Waals surface area contributed by atoms with Crippen LogP contribution in [0, 0.1) is 11.3 Å². The van der Waals surface area contributed by atoms with Crippen molar-refractivity contribution in [2.75, 3.05) is 6.26 Å². The minimum absolute atomic E-state index is 0.148. The minimum Gasteiger partial charge on any atom is -0.219 e. The van der Waals surface area contributed by atoms with Crippen molar-refractivity contribution in [3.63, 3.8) is 0 Å². The zero-order valence-corrected chi connectivity index (χ0v) is 10.6. The molecule has 0 N–H and O–H groups in total. The fourth-order valence-corrected chi connectivity index (χ4v) is 1.69. The maximum Gasteiger partial charge on any atom is 0.249 e. The summed E-state index contributed by atoms with van der Waals surface area (Å²) in [7, 11) is 0. The van der Waals surface area contributed by atoms with Crippen LogP contribution in [0.2, 0.25) is 0 Å². The molecule has 1 heterocycles. The predicted octanol–water partition coefficient (Wildman–Crippen LogP) is 2.27. The number of thioether (sulfide) groups is 1. The fraction of sp³-hybridized carbons (Fsp3) is 0.167. The van der Waals surface area contributed by atoms with Gasteiger partial charge in [-0.25, -0.2) is 9.67 Å². The highest BCUT2D eigenvalue weighted by atomic mass is 32.2. The van der Waals surface area contributed by atoms with Gasteiger partial charge in [-0.15, -0.1) is 5.10 Å². The molecule has 2 aromatic rings. The van der Waals surface area contributed by atoms with E-state index in [-0.39, 0.29) is 6.54 Å². The quantitative estimate of drug-likeness (QED) is 0.622. The second-order valence-corrected chi connectivity index (χ2v) is 4.16. The number of aromatic nitrogens is 3. The van der Waals surface area contributed by atoms with Crippen LogP contribution >= 0.6 is 11.8 Å². The van der Waals surface area contributed by atoms with Gasteiger partial charge in [0.1, 0.15) is 6.54 Å². The van der Waals surface area contributed by atoms with Crippen LogP contribution in [0.4, 0.5) is 5.95 Å². The molecule has 6 heteroatoms. The highest BCUT2D eigenvalue weighted by Crippen LogP contribution is 2.15. The molecule has 0 amide bonds.